The van der Waals surface area contributed by atoms with E-state index in [0.29, 0.717) is 0 Å². The molecular weight excluding hydrogens is 207 g/mol. The lowest BCUT2D eigenvalue weighted by Gasteiger charge is -2.09. The molecule has 12 heavy (non-hydrogen) atoms. The Bertz CT molecular complexity index is 290. The third-order valence-corrected chi connectivity index (χ3v) is 1.95. The van der Waals surface area contributed by atoms with Gasteiger partial charge in [0.25, 0.3) is 11.6 Å². The molecule has 0 heterocycles. The number of hydrogen-bond acceptors (Lipinski definition) is 4. The summed E-state index contributed by atoms with van der Waals surface area (Å²) in [7, 11) is 0. The molecule has 0 atom stereocenters. The lowest BCUT2D eigenvalue weighted by atomic mass is 10.1. The minimum atomic E-state index is -1.22. The third-order valence-electron chi connectivity index (χ3n) is 1.24. The highest BCUT2D eigenvalue weighted by Crippen LogP contribution is 2.27. The average molecular weight is 209 g/mol. The summed E-state index contributed by atoms with van der Waals surface area (Å²) in [5.74, 6) is -4.15. The normalized spacial score (nSPS) is 19.2. The maximum Gasteiger partial charge on any atom is 0.270 e. The van der Waals surface area contributed by atoms with Crippen molar-refractivity contribution in [3.05, 3.63) is 21.6 Å². The molecule has 6 heteroatoms. The number of carbonyl (C=O) groups is 2. The molecule has 0 aliphatic heterocycles. The first-order valence-corrected chi connectivity index (χ1v) is 3.49. The van der Waals surface area contributed by atoms with Gasteiger partial charge in [-0.25, -0.2) is 0 Å². The highest BCUT2D eigenvalue weighted by Gasteiger charge is 2.33. The van der Waals surface area contributed by atoms with Crippen molar-refractivity contribution in [1.29, 1.82) is 0 Å². The number of aliphatic hydroxyl groups is 2. The number of Topliss-reactive ketones (excluding diaryl/α,β-unsaturated/α-hetero) is 2. The minimum absolute atomic E-state index is 0.607. The summed E-state index contributed by atoms with van der Waals surface area (Å²) < 4.78 is 0. The Kier molecular flexibility index (Phi) is 2.12. The van der Waals surface area contributed by atoms with Crippen LogP contribution in [0.5, 0.6) is 0 Å². The summed E-state index contributed by atoms with van der Waals surface area (Å²) in [5.41, 5.74) is 0. The quantitative estimate of drug-likeness (QED) is 0.463. The first-order chi connectivity index (χ1) is 5.46. The fourth-order valence-electron chi connectivity index (χ4n) is 0.623. The minimum Gasteiger partial charge on any atom is -0.505 e. The van der Waals surface area contributed by atoms with Gasteiger partial charge in [-0.05, 0) is 0 Å². The Morgan fingerprint density at radius 1 is 0.833 bits per heavy atom. The van der Waals surface area contributed by atoms with E-state index in [1.165, 1.54) is 0 Å². The van der Waals surface area contributed by atoms with Gasteiger partial charge < -0.3 is 10.2 Å². The van der Waals surface area contributed by atoms with E-state index >= 15 is 0 Å². The molecule has 0 unspecified atom stereocenters. The second-order valence-corrected chi connectivity index (χ2v) is 2.74. The predicted molar refractivity (Wildman–Crippen MR) is 41.0 cm³/mol. The van der Waals surface area contributed by atoms with Crippen molar-refractivity contribution >= 4 is 34.8 Å². The van der Waals surface area contributed by atoms with Gasteiger partial charge in [-0.3, -0.25) is 9.59 Å². The maximum absolute atomic E-state index is 10.7. The Hall–Kier alpha value is -1.00. The molecule has 0 amide bonds. The molecule has 0 aromatic rings. The van der Waals surface area contributed by atoms with Gasteiger partial charge in [0, 0.05) is 0 Å². The van der Waals surface area contributed by atoms with Crippen LogP contribution in [0.1, 0.15) is 0 Å². The lowest BCUT2D eigenvalue weighted by Crippen LogP contribution is -2.22. The standard InChI is InChI=1S/C6H2Cl2O4/c7-1-3(9)2(8)5(11)6(12)4(1)10/h9-10H. The van der Waals surface area contributed by atoms with Gasteiger partial charge in [0.15, 0.2) is 11.5 Å². The Morgan fingerprint density at radius 3 is 1.83 bits per heavy atom. The van der Waals surface area contributed by atoms with Crippen LogP contribution in [0, 0.1) is 0 Å². The van der Waals surface area contributed by atoms with Crippen LogP contribution >= 0.6 is 23.2 Å². The van der Waals surface area contributed by atoms with Crippen LogP contribution in [0.2, 0.25) is 0 Å². The van der Waals surface area contributed by atoms with Crippen molar-refractivity contribution in [3.63, 3.8) is 0 Å². The fourth-order valence-corrected chi connectivity index (χ4v) is 1.03. The summed E-state index contributed by atoms with van der Waals surface area (Å²) in [4.78, 5) is 21.5. The molecule has 0 aromatic carbocycles. The smallest absolute Gasteiger partial charge is 0.270 e. The molecule has 1 rings (SSSR count). The van der Waals surface area contributed by atoms with Crippen molar-refractivity contribution in [3.8, 4) is 0 Å². The zero-order valence-corrected chi connectivity index (χ0v) is 6.98. The van der Waals surface area contributed by atoms with E-state index in [0.717, 1.165) is 0 Å². The van der Waals surface area contributed by atoms with Crippen molar-refractivity contribution in [1.82, 2.24) is 0 Å². The number of halogens is 2. The van der Waals surface area contributed by atoms with E-state index in [9.17, 15) is 9.59 Å². The maximum atomic E-state index is 10.7. The highest BCUT2D eigenvalue weighted by atomic mass is 35.5. The molecule has 1 aliphatic carbocycles. The van der Waals surface area contributed by atoms with Crippen LogP contribution < -0.4 is 0 Å². The molecule has 64 valence electrons. The van der Waals surface area contributed by atoms with Gasteiger partial charge in [-0.15, -0.1) is 0 Å². The molecule has 0 radical (unpaired) electrons. The van der Waals surface area contributed by atoms with Crippen LogP contribution in [0.25, 0.3) is 0 Å². The molecular formula is C6H2Cl2O4. The first kappa shape index (κ1) is 9.09. The van der Waals surface area contributed by atoms with Crippen molar-refractivity contribution in [2.75, 3.05) is 0 Å². The number of hydrogen-bond donors (Lipinski definition) is 2. The van der Waals surface area contributed by atoms with Gasteiger partial charge in [0.05, 0.1) is 0 Å². The average Bonchev–Trinajstić information content (AvgIpc) is 2.08. The van der Waals surface area contributed by atoms with Crippen LogP contribution in [-0.4, -0.2) is 21.8 Å². The molecule has 0 fully saturated rings. The van der Waals surface area contributed by atoms with E-state index in [-0.39, 0.29) is 0 Å². The van der Waals surface area contributed by atoms with Crippen molar-refractivity contribution in [2.24, 2.45) is 0 Å². The molecule has 0 aromatic heterocycles. The largest absolute Gasteiger partial charge is 0.505 e. The Balaban J connectivity index is 3.37. The molecule has 0 spiro atoms. The first-order valence-electron chi connectivity index (χ1n) is 2.73. The molecule has 0 bridgehead atoms. The number of rotatable bonds is 0. The van der Waals surface area contributed by atoms with E-state index in [2.05, 4.69) is 0 Å². The van der Waals surface area contributed by atoms with Gasteiger partial charge in [-0.2, -0.15) is 0 Å². The van der Waals surface area contributed by atoms with Gasteiger partial charge in [0.2, 0.25) is 0 Å². The summed E-state index contributed by atoms with van der Waals surface area (Å²) in [6.07, 6.45) is 0. The molecule has 0 saturated heterocycles. The number of aliphatic hydroxyl groups excluding tert-OH is 2. The summed E-state index contributed by atoms with van der Waals surface area (Å²) in [6, 6.07) is 0. The molecule has 2 N–H and O–H groups in total. The molecule has 4 nitrogen and oxygen atoms in total. The second kappa shape index (κ2) is 2.80. The van der Waals surface area contributed by atoms with E-state index in [1.807, 2.05) is 0 Å². The molecule has 0 saturated carbocycles. The SMILES string of the molecule is O=C1C(=O)C(Cl)=C(O)C(Cl)=C1O. The topological polar surface area (TPSA) is 74.6 Å². The summed E-state index contributed by atoms with van der Waals surface area (Å²) in [5, 5.41) is 16.5. The van der Waals surface area contributed by atoms with Crippen LogP contribution in [0.15, 0.2) is 21.6 Å². The summed E-state index contributed by atoms with van der Waals surface area (Å²) in [6.45, 7) is 0. The van der Waals surface area contributed by atoms with E-state index in [4.69, 9.17) is 33.4 Å². The Morgan fingerprint density at radius 2 is 1.33 bits per heavy atom. The zero-order valence-electron chi connectivity index (χ0n) is 5.47. The van der Waals surface area contributed by atoms with Gasteiger partial charge in [0.1, 0.15) is 10.1 Å². The number of carbonyl (C=O) groups excluding carboxylic acids is 2. The zero-order chi connectivity index (χ0) is 9.46. The van der Waals surface area contributed by atoms with Crippen LogP contribution in [0.4, 0.5) is 0 Å². The highest BCUT2D eigenvalue weighted by molar-refractivity contribution is 6.63. The predicted octanol–water partition coefficient (Wildman–Crippen LogP) is 1.15. The molecule has 1 aliphatic rings. The van der Waals surface area contributed by atoms with Gasteiger partial charge in [-0.1, -0.05) is 23.2 Å². The number of allylic oxidation sites excluding steroid dienone is 3. The second-order valence-electron chi connectivity index (χ2n) is 1.98. The van der Waals surface area contributed by atoms with Crippen molar-refractivity contribution < 1.29 is 19.8 Å². The lowest BCUT2D eigenvalue weighted by molar-refractivity contribution is -0.133. The number of ketones is 2. The van der Waals surface area contributed by atoms with E-state index in [1.54, 1.807) is 0 Å². The van der Waals surface area contributed by atoms with Crippen molar-refractivity contribution in [2.45, 2.75) is 0 Å². The Labute approximate surface area is 76.7 Å². The summed E-state index contributed by atoms with van der Waals surface area (Å²) >= 11 is 10.4. The van der Waals surface area contributed by atoms with Crippen LogP contribution in [0.3, 0.4) is 0 Å². The van der Waals surface area contributed by atoms with Gasteiger partial charge >= 0.3 is 0 Å². The fraction of sp³-hybridized carbons (Fsp3) is 0. The van der Waals surface area contributed by atoms with Crippen LogP contribution in [-0.2, 0) is 9.59 Å². The monoisotopic (exact) mass is 208 g/mol. The third kappa shape index (κ3) is 1.09. The van der Waals surface area contributed by atoms with E-state index < -0.39 is 33.1 Å².